The number of nitrogens with zero attached hydrogens (tertiary/aromatic N) is 2. The van der Waals surface area contributed by atoms with Crippen molar-refractivity contribution in [3.8, 4) is 5.75 Å². The molecular formula is C28H34F5KN4O15. The number of carbonyl (C=O) groups excluding carboxylic acids is 2. The molecule has 0 aliphatic carbocycles. The zero-order valence-corrected chi connectivity index (χ0v) is 32.1. The van der Waals surface area contributed by atoms with Crippen molar-refractivity contribution >= 4 is 35.5 Å². The van der Waals surface area contributed by atoms with Gasteiger partial charge in [-0.3, -0.25) is 20.2 Å². The molecule has 0 heterocycles. The molecule has 0 saturated heterocycles. The molecule has 292 valence electrons. The van der Waals surface area contributed by atoms with Gasteiger partial charge in [-0.25, -0.2) is 28.0 Å². The first-order chi connectivity index (χ1) is 23.2. The Hall–Kier alpha value is -4.27. The van der Waals surface area contributed by atoms with Gasteiger partial charge in [0.2, 0.25) is 23.2 Å². The third-order valence-corrected chi connectivity index (χ3v) is 4.91. The Morgan fingerprint density at radius 2 is 1.06 bits per heavy atom. The van der Waals surface area contributed by atoms with Crippen molar-refractivity contribution in [2.45, 2.75) is 64.8 Å². The standard InChI is InChI=1S/C14H16F2N2O7.C8H15NO5.C6H2F3NO2.K.H2O/c1-14(2,3)25-13(21)17-9(12(19)20)6-24-10-5-7(15)4-8(16)11(10)18(22)23;1-8(2,3)14-7(13)9-5(4-10)6(11)12;7-3-1-4(8)6(10(11)12)5(9)2-3;;/h4-5,9H,6H2,1-3H3,(H,17,21)(H,19,20);5,10H,4H2,1-3H3,(H,9,13)(H,11,12);1-2H;;1H2/q;;;+1;/p-1/t9-;5-;;;/m00.../s1. The summed E-state index contributed by atoms with van der Waals surface area (Å²) < 4.78 is 78.2. The number of carboxylic acids is 2. The number of nitro groups is 2. The fourth-order valence-electron chi connectivity index (χ4n) is 2.97. The van der Waals surface area contributed by atoms with Gasteiger partial charge in [-0.2, -0.15) is 13.2 Å². The molecule has 2 aromatic rings. The van der Waals surface area contributed by atoms with Crippen molar-refractivity contribution in [2.75, 3.05) is 13.2 Å². The molecule has 0 aliphatic heterocycles. The summed E-state index contributed by atoms with van der Waals surface area (Å²) >= 11 is 0. The third-order valence-electron chi connectivity index (χ3n) is 4.91. The number of carboxylic acid groups (broad SMARTS) is 2. The molecule has 0 radical (unpaired) electrons. The average molecular weight is 801 g/mol. The summed E-state index contributed by atoms with van der Waals surface area (Å²) in [4.78, 5) is 62.6. The maximum Gasteiger partial charge on any atom is 1.00 e. The van der Waals surface area contributed by atoms with Gasteiger partial charge in [-0.15, -0.1) is 0 Å². The van der Waals surface area contributed by atoms with Gasteiger partial charge in [0.25, 0.3) is 0 Å². The van der Waals surface area contributed by atoms with Gasteiger partial charge < -0.3 is 45.6 Å². The van der Waals surface area contributed by atoms with Crippen LogP contribution in [0.5, 0.6) is 5.75 Å². The molecule has 25 heteroatoms. The molecule has 2 rings (SSSR count). The predicted octanol–water partition coefficient (Wildman–Crippen LogP) is 1.03. The van der Waals surface area contributed by atoms with Crippen molar-refractivity contribution in [3.63, 3.8) is 0 Å². The number of hydrogen-bond donors (Lipinski definition) is 5. The number of halogens is 5. The van der Waals surface area contributed by atoms with E-state index in [2.05, 4.69) is 0 Å². The van der Waals surface area contributed by atoms with Crippen molar-refractivity contribution in [1.82, 2.24) is 10.6 Å². The minimum absolute atomic E-state index is 0. The number of benzene rings is 2. The summed E-state index contributed by atoms with van der Waals surface area (Å²) in [6.07, 6.45) is -1.93. The Morgan fingerprint density at radius 1 is 0.717 bits per heavy atom. The summed E-state index contributed by atoms with van der Waals surface area (Å²) in [6.45, 7) is 8.13. The third kappa shape index (κ3) is 21.1. The van der Waals surface area contributed by atoms with Crippen LogP contribution in [0, 0.1) is 49.3 Å². The van der Waals surface area contributed by atoms with E-state index in [0.29, 0.717) is 12.1 Å². The number of nitro benzene ring substituents is 2. The van der Waals surface area contributed by atoms with Crippen molar-refractivity contribution in [3.05, 3.63) is 73.6 Å². The Balaban J connectivity index is -0.000000759. The van der Waals surface area contributed by atoms with Crippen LogP contribution in [0.25, 0.3) is 0 Å². The second-order valence-electron chi connectivity index (χ2n) is 11.5. The van der Waals surface area contributed by atoms with E-state index in [1.54, 1.807) is 41.5 Å². The molecule has 0 saturated carbocycles. The summed E-state index contributed by atoms with van der Waals surface area (Å²) in [6, 6.07) is -1.67. The number of aliphatic hydroxyl groups is 1. The molecular weight excluding hydrogens is 766 g/mol. The SMILES string of the molecule is CC(C)(C)OC(=O)N[C@@H](CO)C(=O)O.CC(C)(C)OC(=O)N[C@@H](COc1cc(F)cc(F)c1[N+](=O)[O-])C(=O)O.O=[N+]([O-])c1c(F)cc(F)cc1F.[K+].[OH-]. The Labute approximate surface area is 338 Å². The van der Waals surface area contributed by atoms with Gasteiger partial charge in [0, 0.05) is 24.3 Å². The zero-order valence-electron chi connectivity index (χ0n) is 28.9. The first-order valence-corrected chi connectivity index (χ1v) is 13.8. The van der Waals surface area contributed by atoms with Gasteiger partial charge in [0.05, 0.1) is 16.5 Å². The molecule has 2 aromatic carbocycles. The van der Waals surface area contributed by atoms with Crippen molar-refractivity contribution in [2.24, 2.45) is 0 Å². The molecule has 0 aliphatic rings. The van der Waals surface area contributed by atoms with Crippen LogP contribution in [0.2, 0.25) is 0 Å². The molecule has 0 unspecified atom stereocenters. The number of rotatable bonds is 10. The number of alkyl carbamates (subject to hydrolysis) is 2. The molecule has 0 bridgehead atoms. The summed E-state index contributed by atoms with van der Waals surface area (Å²) in [5.74, 6) is -10.5. The number of nitrogens with one attached hydrogen (secondary N) is 2. The van der Waals surface area contributed by atoms with Gasteiger partial charge >= 0.3 is 86.9 Å². The second-order valence-corrected chi connectivity index (χ2v) is 11.5. The van der Waals surface area contributed by atoms with Crippen LogP contribution in [-0.4, -0.2) is 91.3 Å². The minimum Gasteiger partial charge on any atom is -0.870 e. The molecule has 19 nitrogen and oxygen atoms in total. The van der Waals surface area contributed by atoms with Crippen LogP contribution < -0.4 is 66.8 Å². The molecule has 0 spiro atoms. The molecule has 2 atom stereocenters. The van der Waals surface area contributed by atoms with Crippen LogP contribution in [0.1, 0.15) is 41.5 Å². The van der Waals surface area contributed by atoms with Crippen LogP contribution in [-0.2, 0) is 19.1 Å². The van der Waals surface area contributed by atoms with Gasteiger partial charge in [0.15, 0.2) is 12.1 Å². The van der Waals surface area contributed by atoms with Crippen molar-refractivity contribution in [1.29, 1.82) is 0 Å². The molecule has 53 heavy (non-hydrogen) atoms. The quantitative estimate of drug-likeness (QED) is 0.0970. The number of aliphatic carboxylic acids is 2. The van der Waals surface area contributed by atoms with Crippen molar-refractivity contribution < 1.29 is 137 Å². The number of aliphatic hydroxyl groups excluding tert-OH is 1. The second kappa shape index (κ2) is 23.4. The normalized spacial score (nSPS) is 11.5. The fourth-order valence-corrected chi connectivity index (χ4v) is 2.97. The van der Waals surface area contributed by atoms with E-state index < -0.39 is 117 Å². The smallest absolute Gasteiger partial charge is 0.870 e. The maximum absolute atomic E-state index is 13.5. The zero-order chi connectivity index (χ0) is 40.0. The molecule has 0 aromatic heterocycles. The maximum atomic E-state index is 13.5. The summed E-state index contributed by atoms with van der Waals surface area (Å²) in [5.41, 5.74) is -4.07. The Bertz CT molecular complexity index is 1580. The largest absolute Gasteiger partial charge is 1.00 e. The Kier molecular flexibility index (Phi) is 23.4. The first kappa shape index (κ1) is 53.1. The predicted molar refractivity (Wildman–Crippen MR) is 162 cm³/mol. The van der Waals surface area contributed by atoms with Gasteiger partial charge in [-0.05, 0) is 41.5 Å². The topological polar surface area (TPSA) is 297 Å². The molecule has 6 N–H and O–H groups in total. The minimum atomic E-state index is -1.67. The van der Waals surface area contributed by atoms with Crippen LogP contribution in [0.3, 0.4) is 0 Å². The van der Waals surface area contributed by atoms with E-state index in [9.17, 15) is 61.4 Å². The van der Waals surface area contributed by atoms with Gasteiger partial charge in [0.1, 0.15) is 29.4 Å². The first-order valence-electron chi connectivity index (χ1n) is 13.8. The number of hydrogen-bond acceptors (Lipinski definition) is 13. The number of amides is 2. The van der Waals surface area contributed by atoms with E-state index >= 15 is 0 Å². The van der Waals surface area contributed by atoms with E-state index in [4.69, 9.17) is 29.5 Å². The van der Waals surface area contributed by atoms with E-state index in [1.807, 2.05) is 10.6 Å². The van der Waals surface area contributed by atoms with E-state index in [-0.39, 0.29) is 69.0 Å². The van der Waals surface area contributed by atoms with E-state index in [1.165, 1.54) is 0 Å². The summed E-state index contributed by atoms with van der Waals surface area (Å²) in [7, 11) is 0. The average Bonchev–Trinajstić information content (AvgIpc) is 2.91. The fraction of sp³-hybridized carbons (Fsp3) is 0.429. The van der Waals surface area contributed by atoms with Gasteiger partial charge in [-0.1, -0.05) is 0 Å². The van der Waals surface area contributed by atoms with Crippen LogP contribution in [0.4, 0.5) is 42.9 Å². The monoisotopic (exact) mass is 800 g/mol. The molecule has 0 fully saturated rings. The molecule has 2 amide bonds. The summed E-state index contributed by atoms with van der Waals surface area (Å²) in [5, 5.41) is 50.9. The van der Waals surface area contributed by atoms with Crippen LogP contribution >= 0.6 is 0 Å². The number of carbonyl (C=O) groups is 4. The Morgan fingerprint density at radius 3 is 1.38 bits per heavy atom. The number of ether oxygens (including phenoxy) is 3. The van der Waals surface area contributed by atoms with Crippen LogP contribution in [0.15, 0.2) is 24.3 Å². The van der Waals surface area contributed by atoms with E-state index in [0.717, 1.165) is 0 Å².